The Bertz CT molecular complexity index is 671. The smallest absolute Gasteiger partial charge is 0.262 e. The van der Waals surface area contributed by atoms with Gasteiger partial charge in [0.15, 0.2) is 0 Å². The summed E-state index contributed by atoms with van der Waals surface area (Å²) in [6.45, 7) is 1.74. The van der Waals surface area contributed by atoms with Gasteiger partial charge in [-0.3, -0.25) is 4.79 Å². The average Bonchev–Trinajstić information content (AvgIpc) is 2.51. The maximum Gasteiger partial charge on any atom is 0.262 e. The van der Waals surface area contributed by atoms with Crippen molar-refractivity contribution >= 4 is 33.7 Å². The summed E-state index contributed by atoms with van der Waals surface area (Å²) < 4.78 is 0.974. The normalized spacial score (nSPS) is 12.1. The molecule has 0 fully saturated rings. The van der Waals surface area contributed by atoms with Crippen LogP contribution in [0.4, 0.5) is 5.69 Å². The third kappa shape index (κ3) is 4.60. The maximum atomic E-state index is 11.9. The van der Waals surface area contributed by atoms with Gasteiger partial charge in [0.1, 0.15) is 11.8 Å². The number of carbonyl (C=O) groups excluding carboxylic acids is 1. The zero-order chi connectivity index (χ0) is 15.9. The van der Waals surface area contributed by atoms with E-state index in [1.165, 1.54) is 6.21 Å². The van der Waals surface area contributed by atoms with Crippen molar-refractivity contribution in [3.8, 4) is 5.75 Å². The van der Waals surface area contributed by atoms with Crippen molar-refractivity contribution < 1.29 is 9.90 Å². The Morgan fingerprint density at radius 2 is 1.91 bits per heavy atom. The first-order chi connectivity index (χ1) is 10.6. The standard InChI is InChI=1S/C16H16BrN3O2/c1-11(19-14-8-6-13(17)7-9-14)16(22)20-18-10-12-4-2-3-5-15(12)21/h2-11,19,21H,1H3,(H,20,22)/b18-10+/t11-/m1/s1. The summed E-state index contributed by atoms with van der Waals surface area (Å²) >= 11 is 3.36. The Kier molecular flexibility index (Phi) is 5.55. The second kappa shape index (κ2) is 7.61. The van der Waals surface area contributed by atoms with E-state index in [0.717, 1.165) is 10.2 Å². The summed E-state index contributed by atoms with van der Waals surface area (Å²) in [5.74, 6) is -0.156. The Balaban J connectivity index is 1.89. The van der Waals surface area contributed by atoms with Gasteiger partial charge in [-0.15, -0.1) is 0 Å². The van der Waals surface area contributed by atoms with E-state index in [-0.39, 0.29) is 11.7 Å². The van der Waals surface area contributed by atoms with Crippen LogP contribution in [0.1, 0.15) is 12.5 Å². The molecule has 0 aliphatic heterocycles. The molecule has 6 heteroatoms. The van der Waals surface area contributed by atoms with E-state index >= 15 is 0 Å². The summed E-state index contributed by atoms with van der Waals surface area (Å²) in [5, 5.41) is 16.5. The first-order valence-electron chi connectivity index (χ1n) is 6.69. The first-order valence-corrected chi connectivity index (χ1v) is 7.48. The molecule has 5 nitrogen and oxygen atoms in total. The number of halogens is 1. The molecule has 1 atom stereocenters. The van der Waals surface area contributed by atoms with Gasteiger partial charge in [0.2, 0.25) is 0 Å². The van der Waals surface area contributed by atoms with Gasteiger partial charge in [-0.1, -0.05) is 28.1 Å². The SMILES string of the molecule is C[C@@H](Nc1ccc(Br)cc1)C(=O)N/N=C/c1ccccc1O. The molecule has 0 aliphatic rings. The molecule has 0 bridgehead atoms. The molecule has 114 valence electrons. The quantitative estimate of drug-likeness (QED) is 0.565. The minimum atomic E-state index is -0.442. The van der Waals surface area contributed by atoms with Crippen LogP contribution in [-0.4, -0.2) is 23.3 Å². The lowest BCUT2D eigenvalue weighted by Crippen LogP contribution is -2.34. The number of hydrogen-bond donors (Lipinski definition) is 3. The van der Waals surface area contributed by atoms with E-state index in [1.54, 1.807) is 31.2 Å². The zero-order valence-corrected chi connectivity index (χ0v) is 13.5. The highest BCUT2D eigenvalue weighted by Gasteiger charge is 2.11. The number of rotatable bonds is 5. The van der Waals surface area contributed by atoms with Gasteiger partial charge in [0.25, 0.3) is 5.91 Å². The molecule has 0 saturated heterocycles. The van der Waals surface area contributed by atoms with Gasteiger partial charge in [-0.05, 0) is 43.3 Å². The molecule has 0 heterocycles. The molecule has 0 unspecified atom stereocenters. The summed E-state index contributed by atoms with van der Waals surface area (Å²) in [7, 11) is 0. The van der Waals surface area contributed by atoms with E-state index in [1.807, 2.05) is 24.3 Å². The van der Waals surface area contributed by atoms with Crippen molar-refractivity contribution in [3.63, 3.8) is 0 Å². The summed E-state index contributed by atoms with van der Waals surface area (Å²) in [5.41, 5.74) is 3.82. The fourth-order valence-electron chi connectivity index (χ4n) is 1.72. The zero-order valence-electron chi connectivity index (χ0n) is 12.0. The highest BCUT2D eigenvalue weighted by molar-refractivity contribution is 9.10. The van der Waals surface area contributed by atoms with Crippen molar-refractivity contribution in [2.45, 2.75) is 13.0 Å². The molecule has 0 spiro atoms. The second-order valence-electron chi connectivity index (χ2n) is 4.67. The van der Waals surface area contributed by atoms with Crippen LogP contribution in [0.2, 0.25) is 0 Å². The molecular weight excluding hydrogens is 346 g/mol. The number of benzene rings is 2. The first kappa shape index (κ1) is 16.0. The number of nitrogens with one attached hydrogen (secondary N) is 2. The summed E-state index contributed by atoms with van der Waals surface area (Å²) in [4.78, 5) is 11.9. The van der Waals surface area contributed by atoms with Crippen LogP contribution < -0.4 is 10.7 Å². The summed E-state index contributed by atoms with van der Waals surface area (Å²) in [6, 6.07) is 13.8. The van der Waals surface area contributed by atoms with Crippen molar-refractivity contribution in [1.29, 1.82) is 0 Å². The Morgan fingerprint density at radius 3 is 2.59 bits per heavy atom. The van der Waals surface area contributed by atoms with Crippen LogP contribution in [-0.2, 0) is 4.79 Å². The van der Waals surface area contributed by atoms with Crippen molar-refractivity contribution in [2.75, 3.05) is 5.32 Å². The number of para-hydroxylation sites is 1. The fraction of sp³-hybridized carbons (Fsp3) is 0.125. The Hall–Kier alpha value is -2.34. The predicted molar refractivity (Wildman–Crippen MR) is 91.1 cm³/mol. The van der Waals surface area contributed by atoms with Crippen LogP contribution in [0.3, 0.4) is 0 Å². The number of anilines is 1. The lowest BCUT2D eigenvalue weighted by molar-refractivity contribution is -0.121. The number of hydrazone groups is 1. The molecule has 1 amide bonds. The lowest BCUT2D eigenvalue weighted by atomic mass is 10.2. The van der Waals surface area contributed by atoms with Crippen LogP contribution in [0.15, 0.2) is 58.1 Å². The Labute approximate surface area is 137 Å². The molecule has 0 aromatic heterocycles. The molecule has 0 radical (unpaired) electrons. The minimum Gasteiger partial charge on any atom is -0.507 e. The predicted octanol–water partition coefficient (Wildman–Crippen LogP) is 3.11. The van der Waals surface area contributed by atoms with Crippen molar-refractivity contribution in [2.24, 2.45) is 5.10 Å². The number of amides is 1. The molecule has 2 aromatic carbocycles. The van der Waals surface area contributed by atoms with Gasteiger partial charge in [-0.25, -0.2) is 5.43 Å². The van der Waals surface area contributed by atoms with Gasteiger partial charge in [0.05, 0.1) is 6.21 Å². The van der Waals surface area contributed by atoms with Crippen LogP contribution in [0.5, 0.6) is 5.75 Å². The molecule has 2 aromatic rings. The van der Waals surface area contributed by atoms with Crippen molar-refractivity contribution in [3.05, 3.63) is 58.6 Å². The van der Waals surface area contributed by atoms with Crippen LogP contribution in [0.25, 0.3) is 0 Å². The third-order valence-corrected chi connectivity index (χ3v) is 3.46. The lowest BCUT2D eigenvalue weighted by Gasteiger charge is -2.13. The maximum absolute atomic E-state index is 11.9. The summed E-state index contributed by atoms with van der Waals surface area (Å²) in [6.07, 6.45) is 1.40. The molecule has 0 aliphatic carbocycles. The van der Waals surface area contributed by atoms with Gasteiger partial charge in [0, 0.05) is 15.7 Å². The number of carbonyl (C=O) groups is 1. The number of aromatic hydroxyl groups is 1. The van der Waals surface area contributed by atoms with Crippen molar-refractivity contribution in [1.82, 2.24) is 5.43 Å². The third-order valence-electron chi connectivity index (χ3n) is 2.94. The van der Waals surface area contributed by atoms with E-state index in [0.29, 0.717) is 5.56 Å². The fourth-order valence-corrected chi connectivity index (χ4v) is 1.98. The number of hydrogen-bond acceptors (Lipinski definition) is 4. The topological polar surface area (TPSA) is 73.7 Å². The number of phenolic OH excluding ortho intramolecular Hbond substituents is 1. The largest absolute Gasteiger partial charge is 0.507 e. The number of phenols is 1. The van der Waals surface area contributed by atoms with E-state index in [4.69, 9.17) is 0 Å². The molecular formula is C16H16BrN3O2. The second-order valence-corrected chi connectivity index (χ2v) is 5.58. The van der Waals surface area contributed by atoms with E-state index < -0.39 is 6.04 Å². The van der Waals surface area contributed by atoms with E-state index in [9.17, 15) is 9.90 Å². The Morgan fingerprint density at radius 1 is 1.23 bits per heavy atom. The molecule has 2 rings (SSSR count). The van der Waals surface area contributed by atoms with Crippen LogP contribution in [0, 0.1) is 0 Å². The molecule has 0 saturated carbocycles. The highest BCUT2D eigenvalue weighted by Crippen LogP contribution is 2.15. The molecule has 22 heavy (non-hydrogen) atoms. The average molecular weight is 362 g/mol. The minimum absolute atomic E-state index is 0.113. The van der Waals surface area contributed by atoms with Gasteiger partial charge >= 0.3 is 0 Å². The van der Waals surface area contributed by atoms with Gasteiger partial charge in [-0.2, -0.15) is 5.10 Å². The van der Waals surface area contributed by atoms with Crippen LogP contribution >= 0.6 is 15.9 Å². The molecule has 3 N–H and O–H groups in total. The monoisotopic (exact) mass is 361 g/mol. The highest BCUT2D eigenvalue weighted by atomic mass is 79.9. The van der Waals surface area contributed by atoms with E-state index in [2.05, 4.69) is 31.8 Å². The van der Waals surface area contributed by atoms with Gasteiger partial charge < -0.3 is 10.4 Å². The number of nitrogens with zero attached hydrogens (tertiary/aromatic N) is 1.